The highest BCUT2D eigenvalue weighted by molar-refractivity contribution is 5.99. The molecule has 0 spiro atoms. The highest BCUT2D eigenvalue weighted by Crippen LogP contribution is 2.27. The van der Waals surface area contributed by atoms with Gasteiger partial charge in [-0.05, 0) is 43.7 Å². The Morgan fingerprint density at radius 3 is 2.62 bits per heavy atom. The van der Waals surface area contributed by atoms with Gasteiger partial charge < -0.3 is 11.1 Å². The second-order valence-electron chi connectivity index (χ2n) is 5.63. The third-order valence-corrected chi connectivity index (χ3v) is 4.22. The molecule has 0 unspecified atom stereocenters. The van der Waals surface area contributed by atoms with E-state index in [9.17, 15) is 14.9 Å². The van der Waals surface area contributed by atoms with E-state index in [0.29, 0.717) is 5.69 Å². The normalized spacial score (nSPS) is 21.8. The second-order valence-corrected chi connectivity index (χ2v) is 5.63. The molecule has 0 saturated heterocycles. The minimum atomic E-state index is -0.553. The third-order valence-electron chi connectivity index (χ3n) is 4.22. The van der Waals surface area contributed by atoms with Crippen molar-refractivity contribution in [3.63, 3.8) is 0 Å². The number of nitrogens with two attached hydrogens (primary N) is 1. The van der Waals surface area contributed by atoms with Crippen molar-refractivity contribution in [1.82, 2.24) is 5.32 Å². The fourth-order valence-corrected chi connectivity index (χ4v) is 2.87. The number of carbonyl (C=O) groups is 1. The molecule has 0 radical (unpaired) electrons. The summed E-state index contributed by atoms with van der Waals surface area (Å²) in [5.74, 6) is 0.328. The van der Waals surface area contributed by atoms with Crippen LogP contribution in [0.1, 0.15) is 49.4 Å². The zero-order valence-electron chi connectivity index (χ0n) is 12.2. The van der Waals surface area contributed by atoms with E-state index in [0.717, 1.165) is 31.6 Å². The molecule has 2 rings (SSSR count). The Bertz CT molecular complexity index is 537. The minimum Gasteiger partial charge on any atom is -0.399 e. The quantitative estimate of drug-likeness (QED) is 0.506. The fourth-order valence-electron chi connectivity index (χ4n) is 2.87. The van der Waals surface area contributed by atoms with Gasteiger partial charge in [-0.3, -0.25) is 14.9 Å². The van der Waals surface area contributed by atoms with E-state index < -0.39 is 10.8 Å². The topological polar surface area (TPSA) is 98.3 Å². The predicted octanol–water partition coefficient (Wildman–Crippen LogP) is 2.88. The van der Waals surface area contributed by atoms with Gasteiger partial charge in [0.25, 0.3) is 11.6 Å². The van der Waals surface area contributed by atoms with Crippen LogP contribution in [0.2, 0.25) is 0 Å². The summed E-state index contributed by atoms with van der Waals surface area (Å²) in [5.41, 5.74) is 5.81. The number of anilines is 1. The Kier molecular flexibility index (Phi) is 4.77. The second kappa shape index (κ2) is 6.56. The number of rotatable bonds is 4. The summed E-state index contributed by atoms with van der Waals surface area (Å²) in [7, 11) is 0. The number of hydrogen-bond donors (Lipinski definition) is 2. The van der Waals surface area contributed by atoms with Gasteiger partial charge in [-0.15, -0.1) is 0 Å². The maximum absolute atomic E-state index is 12.3. The van der Waals surface area contributed by atoms with Crippen LogP contribution in [0.5, 0.6) is 0 Å². The number of nitrogens with one attached hydrogen (secondary N) is 1. The van der Waals surface area contributed by atoms with Gasteiger partial charge in [0.1, 0.15) is 5.56 Å². The van der Waals surface area contributed by atoms with E-state index in [1.165, 1.54) is 24.6 Å². The largest absolute Gasteiger partial charge is 0.399 e. The molecule has 6 nitrogen and oxygen atoms in total. The molecule has 1 aliphatic carbocycles. The molecule has 0 aliphatic heterocycles. The van der Waals surface area contributed by atoms with Crippen molar-refractivity contribution in [3.05, 3.63) is 33.9 Å². The average molecular weight is 291 g/mol. The van der Waals surface area contributed by atoms with Gasteiger partial charge in [-0.2, -0.15) is 0 Å². The Hall–Kier alpha value is -2.11. The molecule has 114 valence electrons. The molecule has 0 aromatic heterocycles. The summed E-state index contributed by atoms with van der Waals surface area (Å²) in [6.45, 7) is 2.18. The van der Waals surface area contributed by atoms with Crippen molar-refractivity contribution >= 4 is 17.3 Å². The first kappa shape index (κ1) is 15.3. The molecule has 1 aromatic rings. The zero-order valence-corrected chi connectivity index (χ0v) is 12.2. The smallest absolute Gasteiger partial charge is 0.282 e. The van der Waals surface area contributed by atoms with Crippen molar-refractivity contribution in [3.8, 4) is 0 Å². The van der Waals surface area contributed by atoms with E-state index in [1.54, 1.807) is 0 Å². The molecule has 1 aliphatic rings. The molecule has 1 saturated carbocycles. The Morgan fingerprint density at radius 1 is 1.38 bits per heavy atom. The molecule has 1 amide bonds. The minimum absolute atomic E-state index is 0.0395. The Morgan fingerprint density at radius 2 is 2.05 bits per heavy atom. The lowest BCUT2D eigenvalue weighted by Gasteiger charge is -2.28. The maximum Gasteiger partial charge on any atom is 0.282 e. The molecular weight excluding hydrogens is 270 g/mol. The van der Waals surface area contributed by atoms with Crippen molar-refractivity contribution in [1.29, 1.82) is 0 Å². The van der Waals surface area contributed by atoms with E-state index in [4.69, 9.17) is 5.73 Å². The third kappa shape index (κ3) is 3.71. The SMILES string of the molecule is CCC1CCC(NC(=O)c2cc(N)ccc2[N+](=O)[O-])CC1. The Labute approximate surface area is 123 Å². The number of nitrogen functional groups attached to an aromatic ring is 1. The Balaban J connectivity index is 2.07. The molecular formula is C15H21N3O3. The summed E-state index contributed by atoms with van der Waals surface area (Å²) in [4.78, 5) is 22.7. The van der Waals surface area contributed by atoms with Crippen LogP contribution in [0.4, 0.5) is 11.4 Å². The zero-order chi connectivity index (χ0) is 15.4. The summed E-state index contributed by atoms with van der Waals surface area (Å²) < 4.78 is 0. The average Bonchev–Trinajstić information content (AvgIpc) is 2.47. The van der Waals surface area contributed by atoms with E-state index in [2.05, 4.69) is 12.2 Å². The first-order valence-electron chi connectivity index (χ1n) is 7.36. The van der Waals surface area contributed by atoms with Crippen LogP contribution in [0.15, 0.2) is 18.2 Å². The van der Waals surface area contributed by atoms with Crippen molar-refractivity contribution < 1.29 is 9.72 Å². The van der Waals surface area contributed by atoms with Crippen molar-refractivity contribution in [2.24, 2.45) is 5.92 Å². The lowest BCUT2D eigenvalue weighted by atomic mass is 9.84. The van der Waals surface area contributed by atoms with Crippen molar-refractivity contribution in [2.45, 2.75) is 45.1 Å². The number of carbonyl (C=O) groups excluding carboxylic acids is 1. The van der Waals surface area contributed by atoms with Crippen LogP contribution >= 0.6 is 0 Å². The van der Waals surface area contributed by atoms with E-state index in [-0.39, 0.29) is 17.3 Å². The van der Waals surface area contributed by atoms with Crippen LogP contribution in [-0.4, -0.2) is 16.9 Å². The molecule has 6 heteroatoms. The highest BCUT2D eigenvalue weighted by atomic mass is 16.6. The van der Waals surface area contributed by atoms with E-state index in [1.807, 2.05) is 0 Å². The van der Waals surface area contributed by atoms with Crippen LogP contribution < -0.4 is 11.1 Å². The van der Waals surface area contributed by atoms with Gasteiger partial charge >= 0.3 is 0 Å². The molecule has 0 heterocycles. The standard InChI is InChI=1S/C15H21N3O3/c1-2-10-3-6-12(7-4-10)17-15(19)13-9-11(16)5-8-14(13)18(20)21/h5,8-10,12H,2-4,6-7,16H2,1H3,(H,17,19). The number of nitrogens with zero attached hydrogens (tertiary/aromatic N) is 1. The van der Waals surface area contributed by atoms with Gasteiger partial charge in [0, 0.05) is 17.8 Å². The summed E-state index contributed by atoms with van der Waals surface area (Å²) >= 11 is 0. The molecule has 3 N–H and O–H groups in total. The summed E-state index contributed by atoms with van der Waals surface area (Å²) in [6, 6.07) is 4.17. The molecule has 21 heavy (non-hydrogen) atoms. The lowest BCUT2D eigenvalue weighted by Crippen LogP contribution is -2.37. The number of hydrogen-bond acceptors (Lipinski definition) is 4. The van der Waals surface area contributed by atoms with Crippen LogP contribution in [0.3, 0.4) is 0 Å². The van der Waals surface area contributed by atoms with Gasteiger partial charge in [0.05, 0.1) is 4.92 Å². The van der Waals surface area contributed by atoms with Gasteiger partial charge in [0.15, 0.2) is 0 Å². The number of benzene rings is 1. The van der Waals surface area contributed by atoms with Crippen LogP contribution in [0, 0.1) is 16.0 Å². The molecule has 1 aromatic carbocycles. The fraction of sp³-hybridized carbons (Fsp3) is 0.533. The first-order valence-corrected chi connectivity index (χ1v) is 7.36. The summed E-state index contributed by atoms with van der Waals surface area (Å²) in [6.07, 6.45) is 5.23. The van der Waals surface area contributed by atoms with E-state index >= 15 is 0 Å². The maximum atomic E-state index is 12.3. The predicted molar refractivity (Wildman–Crippen MR) is 81.0 cm³/mol. The summed E-state index contributed by atoms with van der Waals surface area (Å²) in [5, 5.41) is 13.9. The lowest BCUT2D eigenvalue weighted by molar-refractivity contribution is -0.385. The monoisotopic (exact) mass is 291 g/mol. The number of nitro groups is 1. The number of nitro benzene ring substituents is 1. The molecule has 1 fully saturated rings. The van der Waals surface area contributed by atoms with Gasteiger partial charge in [0.2, 0.25) is 0 Å². The van der Waals surface area contributed by atoms with Gasteiger partial charge in [-0.1, -0.05) is 13.3 Å². The van der Waals surface area contributed by atoms with Gasteiger partial charge in [-0.25, -0.2) is 0 Å². The van der Waals surface area contributed by atoms with Crippen LogP contribution in [0.25, 0.3) is 0 Å². The molecule has 0 bridgehead atoms. The van der Waals surface area contributed by atoms with Crippen LogP contribution in [-0.2, 0) is 0 Å². The number of amides is 1. The molecule has 0 atom stereocenters. The first-order chi connectivity index (χ1) is 10.0. The van der Waals surface area contributed by atoms with Crippen molar-refractivity contribution in [2.75, 3.05) is 5.73 Å². The highest BCUT2D eigenvalue weighted by Gasteiger charge is 2.25.